The van der Waals surface area contributed by atoms with Gasteiger partial charge >= 0.3 is 5.97 Å². The predicted octanol–water partition coefficient (Wildman–Crippen LogP) is 2.98. The minimum atomic E-state index is -0.445. The van der Waals surface area contributed by atoms with Gasteiger partial charge in [0, 0.05) is 24.3 Å². The maximum atomic E-state index is 12.3. The van der Waals surface area contributed by atoms with Gasteiger partial charge in [0.2, 0.25) is 0 Å². The number of anilines is 1. The van der Waals surface area contributed by atoms with Gasteiger partial charge in [-0.3, -0.25) is 19.2 Å². The molecule has 8 heteroatoms. The molecule has 2 heterocycles. The molecule has 1 aromatic carbocycles. The number of likely N-dealkylation sites (tertiary alicyclic amines) is 1. The summed E-state index contributed by atoms with van der Waals surface area (Å²) in [6.45, 7) is 2.08. The van der Waals surface area contributed by atoms with Crippen LogP contribution in [0.3, 0.4) is 0 Å². The van der Waals surface area contributed by atoms with E-state index < -0.39 is 11.9 Å². The minimum Gasteiger partial charge on any atom is -0.455 e. The summed E-state index contributed by atoms with van der Waals surface area (Å²) in [5, 5.41) is 4.49. The number of esters is 1. The SMILES string of the molecule is CC(=O)c1ccc(NC(=O)COC(=O)C2CCN(C(=O)c3cccs3)CC2)cc1. The fraction of sp³-hybridized carbons (Fsp3) is 0.333. The number of ether oxygens (including phenoxy) is 1. The van der Waals surface area contributed by atoms with Gasteiger partial charge in [0.1, 0.15) is 0 Å². The Morgan fingerprint density at radius 1 is 1.10 bits per heavy atom. The van der Waals surface area contributed by atoms with E-state index in [2.05, 4.69) is 5.32 Å². The molecule has 0 unspecified atom stereocenters. The van der Waals surface area contributed by atoms with E-state index in [0.717, 1.165) is 0 Å². The molecule has 1 fully saturated rings. The van der Waals surface area contributed by atoms with Gasteiger partial charge < -0.3 is 15.0 Å². The van der Waals surface area contributed by atoms with Crippen LogP contribution in [-0.2, 0) is 14.3 Å². The van der Waals surface area contributed by atoms with E-state index in [-0.39, 0.29) is 24.2 Å². The third kappa shape index (κ3) is 5.51. The number of carbonyl (C=O) groups is 4. The van der Waals surface area contributed by atoms with Crippen LogP contribution in [0.4, 0.5) is 5.69 Å². The summed E-state index contributed by atoms with van der Waals surface area (Å²) >= 11 is 1.40. The number of hydrogen-bond donors (Lipinski definition) is 1. The van der Waals surface area contributed by atoms with Crippen molar-refractivity contribution in [1.29, 1.82) is 0 Å². The molecule has 2 aromatic rings. The number of thiophene rings is 1. The highest BCUT2D eigenvalue weighted by atomic mass is 32.1. The number of nitrogens with one attached hydrogen (secondary N) is 1. The molecule has 0 spiro atoms. The van der Waals surface area contributed by atoms with Crippen molar-refractivity contribution in [2.45, 2.75) is 19.8 Å². The summed E-state index contributed by atoms with van der Waals surface area (Å²) < 4.78 is 5.14. The van der Waals surface area contributed by atoms with Crippen LogP contribution in [0, 0.1) is 5.92 Å². The smallest absolute Gasteiger partial charge is 0.309 e. The highest BCUT2D eigenvalue weighted by Gasteiger charge is 2.29. The number of carbonyl (C=O) groups excluding carboxylic acids is 4. The third-order valence-corrected chi connectivity index (χ3v) is 5.63. The van der Waals surface area contributed by atoms with Crippen molar-refractivity contribution in [2.24, 2.45) is 5.92 Å². The Kier molecular flexibility index (Phi) is 6.77. The fourth-order valence-corrected chi connectivity index (χ4v) is 3.81. The summed E-state index contributed by atoms with van der Waals surface area (Å²) in [5.41, 5.74) is 1.08. The predicted molar refractivity (Wildman–Crippen MR) is 109 cm³/mol. The highest BCUT2D eigenvalue weighted by Crippen LogP contribution is 2.22. The first-order chi connectivity index (χ1) is 13.9. The van der Waals surface area contributed by atoms with Gasteiger partial charge in [-0.1, -0.05) is 6.07 Å². The monoisotopic (exact) mass is 414 g/mol. The minimum absolute atomic E-state index is 0.0120. The van der Waals surface area contributed by atoms with Crippen LogP contribution in [-0.4, -0.2) is 48.2 Å². The molecule has 1 saturated heterocycles. The number of piperidine rings is 1. The molecule has 1 aliphatic heterocycles. The first kappa shape index (κ1) is 20.7. The highest BCUT2D eigenvalue weighted by molar-refractivity contribution is 7.12. The molecule has 0 radical (unpaired) electrons. The van der Waals surface area contributed by atoms with Gasteiger partial charge in [-0.15, -0.1) is 11.3 Å². The van der Waals surface area contributed by atoms with Crippen molar-refractivity contribution in [3.63, 3.8) is 0 Å². The normalized spacial score (nSPS) is 14.3. The van der Waals surface area contributed by atoms with Crippen LogP contribution in [0.25, 0.3) is 0 Å². The van der Waals surface area contributed by atoms with E-state index >= 15 is 0 Å². The van der Waals surface area contributed by atoms with Crippen molar-refractivity contribution in [3.05, 3.63) is 52.2 Å². The zero-order valence-electron chi connectivity index (χ0n) is 16.1. The summed E-state index contributed by atoms with van der Waals surface area (Å²) in [6, 6.07) is 10.1. The summed E-state index contributed by atoms with van der Waals surface area (Å²) in [6.07, 6.45) is 1.04. The fourth-order valence-electron chi connectivity index (χ4n) is 3.11. The summed E-state index contributed by atoms with van der Waals surface area (Å²) in [7, 11) is 0. The molecule has 0 bridgehead atoms. The van der Waals surface area contributed by atoms with Crippen LogP contribution in [0.1, 0.15) is 39.8 Å². The molecule has 1 aromatic heterocycles. The van der Waals surface area contributed by atoms with E-state index in [9.17, 15) is 19.2 Å². The molecule has 1 N–H and O–H groups in total. The van der Waals surface area contributed by atoms with Crippen LogP contribution in [0.15, 0.2) is 41.8 Å². The lowest BCUT2D eigenvalue weighted by atomic mass is 9.97. The van der Waals surface area contributed by atoms with Gasteiger partial charge in [-0.25, -0.2) is 0 Å². The van der Waals surface area contributed by atoms with Gasteiger partial charge in [0.15, 0.2) is 12.4 Å². The first-order valence-electron chi connectivity index (χ1n) is 9.34. The Bertz CT molecular complexity index is 884. The number of nitrogens with zero attached hydrogens (tertiary/aromatic N) is 1. The zero-order valence-corrected chi connectivity index (χ0v) is 16.9. The second-order valence-corrected chi connectivity index (χ2v) is 7.78. The van der Waals surface area contributed by atoms with Crippen LogP contribution >= 0.6 is 11.3 Å². The maximum absolute atomic E-state index is 12.3. The van der Waals surface area contributed by atoms with Crippen LogP contribution < -0.4 is 5.32 Å². The number of amides is 2. The largest absolute Gasteiger partial charge is 0.455 e. The van der Waals surface area contributed by atoms with Crippen LogP contribution in [0.5, 0.6) is 0 Å². The first-order valence-corrected chi connectivity index (χ1v) is 10.2. The molecule has 2 amide bonds. The second-order valence-electron chi connectivity index (χ2n) is 6.83. The zero-order chi connectivity index (χ0) is 20.8. The van der Waals surface area contributed by atoms with E-state index in [4.69, 9.17) is 4.74 Å². The quantitative estimate of drug-likeness (QED) is 0.579. The number of ketones is 1. The molecule has 3 rings (SSSR count). The molecular weight excluding hydrogens is 392 g/mol. The number of rotatable bonds is 6. The third-order valence-electron chi connectivity index (χ3n) is 4.77. The van der Waals surface area contributed by atoms with Gasteiger partial charge in [0.05, 0.1) is 10.8 Å². The Morgan fingerprint density at radius 2 is 1.79 bits per heavy atom. The lowest BCUT2D eigenvalue weighted by Crippen LogP contribution is -2.40. The maximum Gasteiger partial charge on any atom is 0.309 e. The molecule has 152 valence electrons. The Balaban J connectivity index is 1.41. The Labute approximate surface area is 172 Å². The van der Waals surface area contributed by atoms with E-state index in [1.165, 1.54) is 18.3 Å². The molecule has 0 saturated carbocycles. The number of benzene rings is 1. The molecule has 7 nitrogen and oxygen atoms in total. The van der Waals surface area contributed by atoms with Crippen molar-refractivity contribution >= 4 is 40.6 Å². The van der Waals surface area contributed by atoms with Crippen molar-refractivity contribution in [2.75, 3.05) is 25.0 Å². The van der Waals surface area contributed by atoms with Gasteiger partial charge in [0.25, 0.3) is 11.8 Å². The lowest BCUT2D eigenvalue weighted by molar-refractivity contribution is -0.152. The van der Waals surface area contributed by atoms with E-state index in [1.807, 2.05) is 11.4 Å². The summed E-state index contributed by atoms with van der Waals surface area (Å²) in [5.74, 6) is -1.25. The molecule has 0 atom stereocenters. The Hall–Kier alpha value is -3.00. The molecule has 1 aliphatic rings. The average Bonchev–Trinajstić information content (AvgIpc) is 3.27. The van der Waals surface area contributed by atoms with Crippen molar-refractivity contribution in [1.82, 2.24) is 4.90 Å². The second kappa shape index (κ2) is 9.47. The van der Waals surface area contributed by atoms with Gasteiger partial charge in [-0.05, 0) is 55.5 Å². The average molecular weight is 414 g/mol. The number of Topliss-reactive ketones (excluding diaryl/α,β-unsaturated/α-hetero) is 1. The Morgan fingerprint density at radius 3 is 2.38 bits per heavy atom. The van der Waals surface area contributed by atoms with Crippen LogP contribution in [0.2, 0.25) is 0 Å². The van der Waals surface area contributed by atoms with Gasteiger partial charge in [-0.2, -0.15) is 0 Å². The molecule has 29 heavy (non-hydrogen) atoms. The van der Waals surface area contributed by atoms with E-state index in [0.29, 0.717) is 42.1 Å². The molecule has 0 aliphatic carbocycles. The topological polar surface area (TPSA) is 92.8 Å². The van der Waals surface area contributed by atoms with E-state index in [1.54, 1.807) is 35.2 Å². The standard InChI is InChI=1S/C21H22N2O5S/c1-14(24)15-4-6-17(7-5-15)22-19(25)13-28-21(27)16-8-10-23(11-9-16)20(26)18-3-2-12-29-18/h2-7,12,16H,8-11,13H2,1H3,(H,22,25). The molecular formula is C21H22N2O5S. The summed E-state index contributed by atoms with van der Waals surface area (Å²) in [4.78, 5) is 50.3. The van der Waals surface area contributed by atoms with Crippen molar-refractivity contribution < 1.29 is 23.9 Å². The number of hydrogen-bond acceptors (Lipinski definition) is 6. The lowest BCUT2D eigenvalue weighted by Gasteiger charge is -2.30. The van der Waals surface area contributed by atoms with Crippen molar-refractivity contribution in [3.8, 4) is 0 Å².